The van der Waals surface area contributed by atoms with E-state index in [0.29, 0.717) is 0 Å². The minimum absolute atomic E-state index is 0.620. The summed E-state index contributed by atoms with van der Waals surface area (Å²) in [7, 11) is -8.42. The van der Waals surface area contributed by atoms with Gasteiger partial charge in [-0.15, -0.1) is 0 Å². The van der Waals surface area contributed by atoms with Gasteiger partial charge in [0.05, 0.1) is 0 Å². The first-order valence-electron chi connectivity index (χ1n) is 6.78. The van der Waals surface area contributed by atoms with Gasteiger partial charge in [0.25, 0.3) is 0 Å². The van der Waals surface area contributed by atoms with E-state index in [1.165, 1.54) is 0 Å². The van der Waals surface area contributed by atoms with Crippen LogP contribution in [0, 0.1) is 0 Å². The number of nitrogens with zero attached hydrogens (tertiary/aromatic N) is 1. The molecule has 1 N–H and O–H groups in total. The predicted molar refractivity (Wildman–Crippen MR) is 65.4 cm³/mol. The van der Waals surface area contributed by atoms with Crippen LogP contribution in [-0.4, -0.2) is 77.9 Å². The molecule has 0 atom stereocenters. The Morgan fingerprint density at radius 1 is 0.576 bits per heavy atom. The van der Waals surface area contributed by atoms with Gasteiger partial charge in [-0.25, -0.2) is 9.10 Å². The van der Waals surface area contributed by atoms with Crippen LogP contribution in [0.3, 0.4) is 0 Å². The molecule has 0 aromatic carbocycles. The molecular weight excluding hydrogens is 553 g/mol. The van der Waals surface area contributed by atoms with Crippen LogP contribution < -0.4 is 0 Å². The van der Waals surface area contributed by atoms with Crippen LogP contribution in [0.4, 0.5) is 79.4 Å². The highest BCUT2D eigenvalue weighted by Gasteiger charge is 2.96. The second-order valence-electron chi connectivity index (χ2n) is 5.72. The Morgan fingerprint density at radius 2 is 0.818 bits per heavy atom. The van der Waals surface area contributed by atoms with Gasteiger partial charge < -0.3 is 5.11 Å². The summed E-state index contributed by atoms with van der Waals surface area (Å²) >= 11 is 0. The van der Waals surface area contributed by atoms with Gasteiger partial charge in [-0.2, -0.15) is 83.1 Å². The van der Waals surface area contributed by atoms with Crippen LogP contribution >= 0.6 is 0 Å². The molecule has 0 aliphatic carbocycles. The van der Waals surface area contributed by atoms with E-state index in [1.54, 1.807) is 0 Å². The lowest BCUT2D eigenvalue weighted by Gasteiger charge is -2.42. The van der Waals surface area contributed by atoms with Gasteiger partial charge in [-0.05, 0) is 0 Å². The van der Waals surface area contributed by atoms with Crippen molar-refractivity contribution < 1.29 is 93.0 Å². The standard InChI is InChI=1S/C10H4F17NO4S/c1-28(2(29)30)33(31,32)10(26,27)8(21,22)6(17,18)4(13,14)3(11,12)5(15,16)7(19,20)9(23,24)25/h1H3,(H,29,30). The second-order valence-corrected chi connectivity index (χ2v) is 7.73. The molecule has 0 spiro atoms. The van der Waals surface area contributed by atoms with E-state index < -0.39 is 74.4 Å². The first-order valence-corrected chi connectivity index (χ1v) is 8.22. The van der Waals surface area contributed by atoms with Crippen molar-refractivity contribution in [3.05, 3.63) is 0 Å². The fourth-order valence-corrected chi connectivity index (χ4v) is 2.59. The highest BCUT2D eigenvalue weighted by atomic mass is 32.2. The largest absolute Gasteiger partial charge is 0.464 e. The maximum absolute atomic E-state index is 13.5. The Balaban J connectivity index is 7.06. The molecule has 33 heavy (non-hydrogen) atoms. The number of sulfonamides is 1. The fraction of sp³-hybridized carbons (Fsp3) is 0.900. The van der Waals surface area contributed by atoms with Crippen molar-refractivity contribution in [1.29, 1.82) is 0 Å². The molecule has 0 heterocycles. The first kappa shape index (κ1) is 31.0. The van der Waals surface area contributed by atoms with Crippen LogP contribution in [0.25, 0.3) is 0 Å². The first-order chi connectivity index (χ1) is 13.9. The monoisotopic (exact) mass is 557 g/mol. The SMILES string of the molecule is CN(C(=O)O)S(=O)(=O)C(F)(F)C(F)(F)C(F)(F)C(F)(F)C(F)(F)C(F)(F)C(F)(F)C(F)(F)F. The molecule has 198 valence electrons. The van der Waals surface area contributed by atoms with E-state index in [4.69, 9.17) is 5.11 Å². The molecule has 0 unspecified atom stereocenters. The number of hydrogen-bond donors (Lipinski definition) is 1. The minimum Gasteiger partial charge on any atom is -0.464 e. The minimum atomic E-state index is -8.97. The number of carbonyl (C=O) groups is 1. The molecule has 5 nitrogen and oxygen atoms in total. The maximum atomic E-state index is 13.5. The van der Waals surface area contributed by atoms with Crippen LogP contribution in [-0.2, 0) is 10.0 Å². The zero-order chi connectivity index (χ0) is 27.7. The van der Waals surface area contributed by atoms with Crippen LogP contribution in [0.2, 0.25) is 0 Å². The molecule has 0 saturated heterocycles. The summed E-state index contributed by atoms with van der Waals surface area (Å²) in [6.07, 6.45) is -11.1. The summed E-state index contributed by atoms with van der Waals surface area (Å²) in [6.45, 7) is 0. The number of alkyl halides is 17. The van der Waals surface area contributed by atoms with Crippen molar-refractivity contribution in [1.82, 2.24) is 4.31 Å². The van der Waals surface area contributed by atoms with E-state index in [-0.39, 0.29) is 0 Å². The summed E-state index contributed by atoms with van der Waals surface area (Å²) < 4.78 is 241. The van der Waals surface area contributed by atoms with Crippen molar-refractivity contribution >= 4 is 16.1 Å². The third kappa shape index (κ3) is 3.68. The summed E-state index contributed by atoms with van der Waals surface area (Å²) in [5.41, 5.74) is 0. The Labute approximate surface area is 168 Å². The van der Waals surface area contributed by atoms with E-state index in [9.17, 15) is 87.8 Å². The molecule has 0 saturated carbocycles. The fourth-order valence-electron chi connectivity index (χ4n) is 1.59. The second kappa shape index (κ2) is 7.52. The molecule has 0 aromatic heterocycles. The molecule has 0 aliphatic rings. The zero-order valence-corrected chi connectivity index (χ0v) is 15.3. The average Bonchev–Trinajstić information content (AvgIpc) is 2.58. The zero-order valence-electron chi connectivity index (χ0n) is 14.5. The molecule has 0 aliphatic heterocycles. The molecule has 0 fully saturated rings. The Bertz CT molecular complexity index is 877. The summed E-state index contributed by atoms with van der Waals surface area (Å²) in [4.78, 5) is 10.3. The number of rotatable bonds is 8. The van der Waals surface area contributed by atoms with E-state index >= 15 is 0 Å². The maximum Gasteiger partial charge on any atom is 0.460 e. The lowest BCUT2D eigenvalue weighted by atomic mass is 9.91. The Hall–Kier alpha value is -1.97. The van der Waals surface area contributed by atoms with Gasteiger partial charge >= 0.3 is 63.1 Å². The van der Waals surface area contributed by atoms with Gasteiger partial charge in [0.15, 0.2) is 0 Å². The Kier molecular flexibility index (Phi) is 7.07. The van der Waals surface area contributed by atoms with E-state index in [1.807, 2.05) is 0 Å². The van der Waals surface area contributed by atoms with Crippen molar-refractivity contribution in [2.75, 3.05) is 7.05 Å². The molecule has 23 heteroatoms. The topological polar surface area (TPSA) is 74.7 Å². The van der Waals surface area contributed by atoms with Crippen molar-refractivity contribution in [3.8, 4) is 0 Å². The third-order valence-electron chi connectivity index (χ3n) is 3.65. The van der Waals surface area contributed by atoms with Gasteiger partial charge in [0.2, 0.25) is 0 Å². The quantitative estimate of drug-likeness (QED) is 0.432. The van der Waals surface area contributed by atoms with Gasteiger partial charge in [-0.3, -0.25) is 0 Å². The smallest absolute Gasteiger partial charge is 0.460 e. The molecule has 1 amide bonds. The van der Waals surface area contributed by atoms with Crippen molar-refractivity contribution in [2.24, 2.45) is 0 Å². The van der Waals surface area contributed by atoms with Gasteiger partial charge in [0, 0.05) is 7.05 Å². The van der Waals surface area contributed by atoms with E-state index in [2.05, 4.69) is 0 Å². The van der Waals surface area contributed by atoms with E-state index in [0.717, 1.165) is 0 Å². The Morgan fingerprint density at radius 3 is 1.06 bits per heavy atom. The number of halogens is 17. The third-order valence-corrected chi connectivity index (χ3v) is 5.43. The lowest BCUT2D eigenvalue weighted by molar-refractivity contribution is -0.458. The normalized spacial score (nSPS) is 16.1. The lowest BCUT2D eigenvalue weighted by Crippen LogP contribution is -2.75. The number of hydrogen-bond acceptors (Lipinski definition) is 3. The number of amides is 1. The average molecular weight is 557 g/mol. The summed E-state index contributed by atoms with van der Waals surface area (Å²) in [5.74, 6) is -52.4. The van der Waals surface area contributed by atoms with Crippen LogP contribution in [0.1, 0.15) is 0 Å². The van der Waals surface area contributed by atoms with Crippen LogP contribution in [0.15, 0.2) is 0 Å². The highest BCUT2D eigenvalue weighted by Crippen LogP contribution is 2.64. The van der Waals surface area contributed by atoms with Crippen molar-refractivity contribution in [2.45, 2.75) is 47.0 Å². The molecule has 0 aromatic rings. The number of carboxylic acid groups (broad SMARTS) is 1. The molecular formula is C10H4F17NO4S. The molecule has 0 bridgehead atoms. The highest BCUT2D eigenvalue weighted by molar-refractivity contribution is 7.90. The predicted octanol–water partition coefficient (Wildman–Crippen LogP) is 4.89. The molecule has 0 rings (SSSR count). The summed E-state index contributed by atoms with van der Waals surface area (Å²) in [6, 6.07) is 0. The van der Waals surface area contributed by atoms with Gasteiger partial charge in [-0.1, -0.05) is 0 Å². The van der Waals surface area contributed by atoms with Crippen LogP contribution in [0.5, 0.6) is 0 Å². The van der Waals surface area contributed by atoms with Crippen molar-refractivity contribution in [3.63, 3.8) is 0 Å². The molecule has 0 radical (unpaired) electrons. The summed E-state index contributed by atoms with van der Waals surface area (Å²) in [5, 5.41) is 0.244. The van der Waals surface area contributed by atoms with Gasteiger partial charge in [0.1, 0.15) is 0 Å².